The average molecular weight is 356 g/mol. The number of ketones is 1. The predicted octanol–water partition coefficient (Wildman–Crippen LogP) is 4.54. The molecule has 122 valence electrons. The number of amides is 1. The van der Waals surface area contributed by atoms with E-state index in [0.717, 1.165) is 34.6 Å². The molecule has 1 saturated heterocycles. The molecule has 1 aromatic carbocycles. The van der Waals surface area contributed by atoms with Crippen molar-refractivity contribution >= 4 is 44.6 Å². The fourth-order valence-corrected chi connectivity index (χ4v) is 5.06. The van der Waals surface area contributed by atoms with E-state index < -0.39 is 0 Å². The number of benzene rings is 1. The molecule has 1 fully saturated rings. The summed E-state index contributed by atoms with van der Waals surface area (Å²) in [6, 6.07) is 11.6. The molecule has 0 N–H and O–H groups in total. The van der Waals surface area contributed by atoms with Gasteiger partial charge in [-0.25, -0.2) is 4.98 Å². The lowest BCUT2D eigenvalue weighted by Crippen LogP contribution is -2.29. The number of Topliss-reactive ketones (excluding diaryl/α,β-unsaturated/α-hetero) is 1. The van der Waals surface area contributed by atoms with Crippen LogP contribution in [0.25, 0.3) is 10.2 Å². The Labute approximate surface area is 147 Å². The normalized spacial score (nSPS) is 17.5. The van der Waals surface area contributed by atoms with E-state index in [2.05, 4.69) is 6.07 Å². The first kappa shape index (κ1) is 15.5. The van der Waals surface area contributed by atoms with Crippen LogP contribution in [0.2, 0.25) is 0 Å². The third kappa shape index (κ3) is 2.65. The molecule has 0 bridgehead atoms. The van der Waals surface area contributed by atoms with Crippen molar-refractivity contribution < 1.29 is 9.59 Å². The monoisotopic (exact) mass is 356 g/mol. The van der Waals surface area contributed by atoms with Gasteiger partial charge in [0.25, 0.3) is 5.91 Å². The lowest BCUT2D eigenvalue weighted by molar-refractivity contribution is 0.0740. The maximum atomic E-state index is 12.9. The minimum atomic E-state index is 0.00296. The summed E-state index contributed by atoms with van der Waals surface area (Å²) in [5.41, 5.74) is 0.992. The van der Waals surface area contributed by atoms with E-state index in [0.29, 0.717) is 9.75 Å². The second-order valence-electron chi connectivity index (χ2n) is 5.90. The number of likely N-dealkylation sites (tertiary alicyclic amines) is 1. The number of carbonyl (C=O) groups is 2. The van der Waals surface area contributed by atoms with Gasteiger partial charge in [-0.3, -0.25) is 9.59 Å². The Morgan fingerprint density at radius 1 is 1.12 bits per heavy atom. The topological polar surface area (TPSA) is 50.3 Å². The van der Waals surface area contributed by atoms with E-state index in [-0.39, 0.29) is 17.7 Å². The molecule has 2 aromatic heterocycles. The molecule has 24 heavy (non-hydrogen) atoms. The number of carbonyl (C=O) groups excluding carboxylic acids is 2. The number of nitrogens with zero attached hydrogens (tertiary/aromatic N) is 2. The van der Waals surface area contributed by atoms with Gasteiger partial charge in [-0.15, -0.1) is 22.7 Å². The van der Waals surface area contributed by atoms with Crippen LogP contribution >= 0.6 is 22.7 Å². The van der Waals surface area contributed by atoms with Crippen molar-refractivity contribution in [1.82, 2.24) is 9.88 Å². The van der Waals surface area contributed by atoms with Crippen molar-refractivity contribution in [3.63, 3.8) is 0 Å². The van der Waals surface area contributed by atoms with Crippen LogP contribution in [-0.4, -0.2) is 28.1 Å². The number of aromatic nitrogens is 1. The largest absolute Gasteiger partial charge is 0.328 e. The Kier molecular flexibility index (Phi) is 3.94. The average Bonchev–Trinajstić information content (AvgIpc) is 3.30. The zero-order valence-electron chi connectivity index (χ0n) is 13.2. The smallest absolute Gasteiger partial charge is 0.264 e. The first-order valence-corrected chi connectivity index (χ1v) is 9.54. The van der Waals surface area contributed by atoms with Crippen LogP contribution in [0, 0.1) is 0 Å². The van der Waals surface area contributed by atoms with Gasteiger partial charge in [0.15, 0.2) is 5.78 Å². The van der Waals surface area contributed by atoms with Crippen LogP contribution in [0.4, 0.5) is 0 Å². The van der Waals surface area contributed by atoms with Gasteiger partial charge in [0.05, 0.1) is 26.0 Å². The molecular formula is C18H16N2O2S2. The summed E-state index contributed by atoms with van der Waals surface area (Å²) in [6.45, 7) is 2.27. The van der Waals surface area contributed by atoms with Gasteiger partial charge in [-0.1, -0.05) is 12.1 Å². The first-order valence-electron chi connectivity index (χ1n) is 7.90. The van der Waals surface area contributed by atoms with Crippen LogP contribution in [-0.2, 0) is 0 Å². The minimum Gasteiger partial charge on any atom is -0.328 e. The van der Waals surface area contributed by atoms with Gasteiger partial charge in [0, 0.05) is 6.54 Å². The van der Waals surface area contributed by atoms with Gasteiger partial charge in [0.1, 0.15) is 5.01 Å². The lowest BCUT2D eigenvalue weighted by atomic mass is 10.2. The second-order valence-corrected chi connectivity index (χ2v) is 8.04. The van der Waals surface area contributed by atoms with Crippen LogP contribution in [0.5, 0.6) is 0 Å². The maximum Gasteiger partial charge on any atom is 0.264 e. The Balaban J connectivity index is 1.64. The fraction of sp³-hybridized carbons (Fsp3) is 0.278. The molecule has 3 aromatic rings. The summed E-state index contributed by atoms with van der Waals surface area (Å²) in [6.07, 6.45) is 1.92. The molecule has 1 amide bonds. The molecule has 0 unspecified atom stereocenters. The van der Waals surface area contributed by atoms with Crippen molar-refractivity contribution in [2.45, 2.75) is 25.8 Å². The highest BCUT2D eigenvalue weighted by atomic mass is 32.1. The maximum absolute atomic E-state index is 12.9. The number of thiophene rings is 1. The van der Waals surface area contributed by atoms with Gasteiger partial charge < -0.3 is 4.90 Å². The number of rotatable bonds is 3. The van der Waals surface area contributed by atoms with Crippen molar-refractivity contribution in [3.8, 4) is 0 Å². The summed E-state index contributed by atoms with van der Waals surface area (Å²) in [4.78, 5) is 32.3. The van der Waals surface area contributed by atoms with Gasteiger partial charge >= 0.3 is 0 Å². The summed E-state index contributed by atoms with van der Waals surface area (Å²) < 4.78 is 1.15. The van der Waals surface area contributed by atoms with Crippen LogP contribution < -0.4 is 0 Å². The Morgan fingerprint density at radius 3 is 2.67 bits per heavy atom. The van der Waals surface area contributed by atoms with Gasteiger partial charge in [0.2, 0.25) is 0 Å². The van der Waals surface area contributed by atoms with Gasteiger partial charge in [-0.2, -0.15) is 0 Å². The Bertz CT molecular complexity index is 895. The van der Waals surface area contributed by atoms with E-state index in [1.54, 1.807) is 23.5 Å². The molecule has 0 aliphatic carbocycles. The Hall–Kier alpha value is -2.05. The number of fused-ring (bicyclic) bond motifs is 1. The zero-order chi connectivity index (χ0) is 16.7. The van der Waals surface area contributed by atoms with Crippen LogP contribution in [0.3, 0.4) is 0 Å². The van der Waals surface area contributed by atoms with E-state index in [4.69, 9.17) is 4.98 Å². The summed E-state index contributed by atoms with van der Waals surface area (Å²) >= 11 is 2.95. The Morgan fingerprint density at radius 2 is 1.92 bits per heavy atom. The number of hydrogen-bond acceptors (Lipinski definition) is 5. The summed E-state index contributed by atoms with van der Waals surface area (Å²) in [7, 11) is 0. The SMILES string of the molecule is CC(=O)c1ccc(C(=O)N2CCC[C@H]2c2nc3ccccc3s2)s1. The zero-order valence-corrected chi connectivity index (χ0v) is 14.8. The van der Waals surface area contributed by atoms with Crippen molar-refractivity contribution in [3.05, 3.63) is 51.2 Å². The molecule has 1 aliphatic heterocycles. The van der Waals surface area contributed by atoms with Crippen molar-refractivity contribution in [2.75, 3.05) is 6.54 Å². The van der Waals surface area contributed by atoms with Crippen molar-refractivity contribution in [2.24, 2.45) is 0 Å². The molecule has 6 heteroatoms. The first-order chi connectivity index (χ1) is 11.6. The molecule has 1 aliphatic rings. The standard InChI is InChI=1S/C18H16N2O2S2/c1-11(21)14-8-9-16(23-14)18(22)20-10-4-6-13(20)17-19-12-5-2-3-7-15(12)24-17/h2-3,5,7-9,13H,4,6,10H2,1H3/t13-/m0/s1. The number of para-hydroxylation sites is 1. The second kappa shape index (κ2) is 6.11. The number of thiazole rings is 1. The quantitative estimate of drug-likeness (QED) is 0.648. The predicted molar refractivity (Wildman–Crippen MR) is 97.0 cm³/mol. The van der Waals surface area contributed by atoms with Crippen LogP contribution in [0.1, 0.15) is 50.2 Å². The molecule has 4 rings (SSSR count). The number of hydrogen-bond donors (Lipinski definition) is 0. The molecule has 0 radical (unpaired) electrons. The van der Waals surface area contributed by atoms with E-state index in [1.807, 2.05) is 23.1 Å². The third-order valence-electron chi connectivity index (χ3n) is 4.27. The third-order valence-corrected chi connectivity index (χ3v) is 6.58. The highest BCUT2D eigenvalue weighted by molar-refractivity contribution is 7.18. The molecule has 0 saturated carbocycles. The minimum absolute atomic E-state index is 0.00296. The summed E-state index contributed by atoms with van der Waals surface area (Å²) in [5, 5.41) is 1.00. The van der Waals surface area contributed by atoms with E-state index in [9.17, 15) is 9.59 Å². The lowest BCUT2D eigenvalue weighted by Gasteiger charge is -2.22. The molecule has 1 atom stereocenters. The van der Waals surface area contributed by atoms with E-state index in [1.165, 1.54) is 18.3 Å². The molecular weight excluding hydrogens is 340 g/mol. The highest BCUT2D eigenvalue weighted by Crippen LogP contribution is 2.37. The molecule has 3 heterocycles. The van der Waals surface area contributed by atoms with Gasteiger partial charge in [-0.05, 0) is 44.0 Å². The van der Waals surface area contributed by atoms with Crippen molar-refractivity contribution in [1.29, 1.82) is 0 Å². The molecule has 4 nitrogen and oxygen atoms in total. The highest BCUT2D eigenvalue weighted by Gasteiger charge is 2.33. The van der Waals surface area contributed by atoms with Crippen LogP contribution in [0.15, 0.2) is 36.4 Å². The summed E-state index contributed by atoms with van der Waals surface area (Å²) in [5.74, 6) is 0.0115. The fourth-order valence-electron chi connectivity index (χ4n) is 3.08. The molecule has 0 spiro atoms. The van der Waals surface area contributed by atoms with E-state index >= 15 is 0 Å².